The number of rotatable bonds is 7. The number of benzene rings is 1. The highest BCUT2D eigenvalue weighted by atomic mass is 16.4. The molecule has 0 aliphatic heterocycles. The monoisotopic (exact) mass is 244 g/mol. The Balaban J connectivity index is 1.83. The van der Waals surface area contributed by atoms with Gasteiger partial charge in [0.25, 0.3) is 0 Å². The fourth-order valence-electron chi connectivity index (χ4n) is 1.83. The van der Waals surface area contributed by atoms with Crippen LogP contribution < -0.4 is 5.32 Å². The van der Waals surface area contributed by atoms with Crippen molar-refractivity contribution < 1.29 is 4.42 Å². The zero-order chi connectivity index (χ0) is 12.6. The summed E-state index contributed by atoms with van der Waals surface area (Å²) in [6.07, 6.45) is 4.94. The van der Waals surface area contributed by atoms with Gasteiger partial charge in [0.1, 0.15) is 0 Å². The van der Waals surface area contributed by atoms with Crippen molar-refractivity contribution >= 4 is 0 Å². The zero-order valence-electron chi connectivity index (χ0n) is 10.9. The van der Waals surface area contributed by atoms with Crippen LogP contribution in [-0.2, 0) is 6.42 Å². The van der Waals surface area contributed by atoms with E-state index in [2.05, 4.69) is 17.2 Å². The summed E-state index contributed by atoms with van der Waals surface area (Å²) < 4.78 is 5.74. The molecule has 0 saturated heterocycles. The number of nitrogens with zero attached hydrogens (tertiary/aromatic N) is 1. The van der Waals surface area contributed by atoms with E-state index in [1.807, 2.05) is 36.5 Å². The minimum Gasteiger partial charge on any atom is -0.441 e. The standard InChI is InChI=1S/C15H20N2O/c1-2-10-16-11-6-9-15-17-12-14(18-15)13-7-4-3-5-8-13/h3-5,7-8,12,16H,2,6,9-11H2,1H3. The summed E-state index contributed by atoms with van der Waals surface area (Å²) in [6, 6.07) is 10.1. The van der Waals surface area contributed by atoms with Gasteiger partial charge in [0, 0.05) is 12.0 Å². The molecule has 1 aromatic carbocycles. The lowest BCUT2D eigenvalue weighted by molar-refractivity contribution is 0.491. The number of nitrogens with one attached hydrogen (secondary N) is 1. The van der Waals surface area contributed by atoms with Crippen LogP contribution in [0.2, 0.25) is 0 Å². The van der Waals surface area contributed by atoms with E-state index in [4.69, 9.17) is 4.42 Å². The van der Waals surface area contributed by atoms with Crippen LogP contribution in [0.1, 0.15) is 25.7 Å². The molecule has 0 atom stereocenters. The summed E-state index contributed by atoms with van der Waals surface area (Å²) in [5, 5.41) is 3.37. The van der Waals surface area contributed by atoms with Crippen LogP contribution in [0.25, 0.3) is 11.3 Å². The normalized spacial score (nSPS) is 10.7. The van der Waals surface area contributed by atoms with Gasteiger partial charge in [-0.15, -0.1) is 0 Å². The molecule has 0 aliphatic rings. The van der Waals surface area contributed by atoms with Crippen molar-refractivity contribution in [2.24, 2.45) is 0 Å². The van der Waals surface area contributed by atoms with Crippen LogP contribution in [0.4, 0.5) is 0 Å². The van der Waals surface area contributed by atoms with Crippen LogP contribution in [0.15, 0.2) is 40.9 Å². The van der Waals surface area contributed by atoms with Gasteiger partial charge in [-0.05, 0) is 25.9 Å². The van der Waals surface area contributed by atoms with E-state index in [0.717, 1.165) is 43.1 Å². The topological polar surface area (TPSA) is 38.1 Å². The highest BCUT2D eigenvalue weighted by molar-refractivity contribution is 5.55. The van der Waals surface area contributed by atoms with E-state index in [-0.39, 0.29) is 0 Å². The van der Waals surface area contributed by atoms with Crippen LogP contribution >= 0.6 is 0 Å². The highest BCUT2D eigenvalue weighted by Gasteiger charge is 2.05. The molecule has 0 unspecified atom stereocenters. The molecule has 2 rings (SSSR count). The van der Waals surface area contributed by atoms with Crippen molar-refractivity contribution in [3.8, 4) is 11.3 Å². The summed E-state index contributed by atoms with van der Waals surface area (Å²) in [7, 11) is 0. The Hall–Kier alpha value is -1.61. The molecule has 0 fully saturated rings. The molecule has 0 radical (unpaired) electrons. The average Bonchev–Trinajstić information content (AvgIpc) is 2.88. The number of aryl methyl sites for hydroxylation is 1. The van der Waals surface area contributed by atoms with Crippen molar-refractivity contribution in [1.29, 1.82) is 0 Å². The SMILES string of the molecule is CCCNCCCc1ncc(-c2ccccc2)o1. The molecule has 0 saturated carbocycles. The maximum Gasteiger partial charge on any atom is 0.194 e. The molecular weight excluding hydrogens is 224 g/mol. The largest absolute Gasteiger partial charge is 0.441 e. The van der Waals surface area contributed by atoms with Gasteiger partial charge >= 0.3 is 0 Å². The molecule has 0 bridgehead atoms. The van der Waals surface area contributed by atoms with Gasteiger partial charge < -0.3 is 9.73 Å². The quantitative estimate of drug-likeness (QED) is 0.760. The molecule has 96 valence electrons. The van der Waals surface area contributed by atoms with Crippen LogP contribution in [0, 0.1) is 0 Å². The Morgan fingerprint density at radius 2 is 2.00 bits per heavy atom. The second-order valence-electron chi connectivity index (χ2n) is 4.34. The molecule has 18 heavy (non-hydrogen) atoms. The first-order valence-electron chi connectivity index (χ1n) is 6.61. The lowest BCUT2D eigenvalue weighted by atomic mass is 10.2. The molecule has 1 heterocycles. The van der Waals surface area contributed by atoms with Crippen molar-refractivity contribution in [3.63, 3.8) is 0 Å². The molecule has 0 amide bonds. The fraction of sp³-hybridized carbons (Fsp3) is 0.400. The molecular formula is C15H20N2O. The number of hydrogen-bond donors (Lipinski definition) is 1. The Morgan fingerprint density at radius 3 is 2.78 bits per heavy atom. The predicted octanol–water partition coefficient (Wildman–Crippen LogP) is 3.27. The second kappa shape index (κ2) is 6.97. The van der Waals surface area contributed by atoms with E-state index in [9.17, 15) is 0 Å². The third-order valence-corrected chi connectivity index (χ3v) is 2.78. The molecule has 3 nitrogen and oxygen atoms in total. The average molecular weight is 244 g/mol. The van der Waals surface area contributed by atoms with Crippen molar-refractivity contribution in [1.82, 2.24) is 10.3 Å². The number of hydrogen-bond acceptors (Lipinski definition) is 3. The summed E-state index contributed by atoms with van der Waals surface area (Å²) in [5.41, 5.74) is 1.08. The van der Waals surface area contributed by atoms with Gasteiger partial charge in [-0.2, -0.15) is 0 Å². The highest BCUT2D eigenvalue weighted by Crippen LogP contribution is 2.20. The van der Waals surface area contributed by atoms with Crippen LogP contribution in [0.3, 0.4) is 0 Å². The Labute approximate surface area is 108 Å². The van der Waals surface area contributed by atoms with Crippen LogP contribution in [-0.4, -0.2) is 18.1 Å². The number of aromatic nitrogens is 1. The van der Waals surface area contributed by atoms with E-state index in [1.165, 1.54) is 6.42 Å². The maximum absolute atomic E-state index is 5.74. The Morgan fingerprint density at radius 1 is 1.17 bits per heavy atom. The molecule has 1 aromatic heterocycles. The minimum atomic E-state index is 0.826. The van der Waals surface area contributed by atoms with Gasteiger partial charge in [0.2, 0.25) is 0 Å². The van der Waals surface area contributed by atoms with Crippen molar-refractivity contribution in [3.05, 3.63) is 42.4 Å². The number of oxazole rings is 1. The minimum absolute atomic E-state index is 0.826. The van der Waals surface area contributed by atoms with Gasteiger partial charge in [0.15, 0.2) is 11.7 Å². The third kappa shape index (κ3) is 3.70. The van der Waals surface area contributed by atoms with Gasteiger partial charge in [-0.3, -0.25) is 0 Å². The van der Waals surface area contributed by atoms with E-state index in [0.29, 0.717) is 0 Å². The summed E-state index contributed by atoms with van der Waals surface area (Å²) in [5.74, 6) is 1.68. The Kier molecular flexibility index (Phi) is 4.97. The van der Waals surface area contributed by atoms with E-state index in [1.54, 1.807) is 0 Å². The Bertz CT molecular complexity index is 451. The van der Waals surface area contributed by atoms with E-state index < -0.39 is 0 Å². The molecule has 2 aromatic rings. The maximum atomic E-state index is 5.74. The fourth-order valence-corrected chi connectivity index (χ4v) is 1.83. The summed E-state index contributed by atoms with van der Waals surface area (Å²) >= 11 is 0. The zero-order valence-corrected chi connectivity index (χ0v) is 10.9. The van der Waals surface area contributed by atoms with Crippen LogP contribution in [0.5, 0.6) is 0 Å². The lowest BCUT2D eigenvalue weighted by Crippen LogP contribution is -2.16. The molecule has 0 aliphatic carbocycles. The summed E-state index contributed by atoms with van der Waals surface area (Å²) in [6.45, 7) is 4.28. The first-order valence-corrected chi connectivity index (χ1v) is 6.61. The van der Waals surface area contributed by atoms with Gasteiger partial charge in [0.05, 0.1) is 6.20 Å². The van der Waals surface area contributed by atoms with Gasteiger partial charge in [-0.1, -0.05) is 37.3 Å². The first-order chi connectivity index (χ1) is 8.90. The third-order valence-electron chi connectivity index (χ3n) is 2.78. The smallest absolute Gasteiger partial charge is 0.194 e. The molecule has 0 spiro atoms. The predicted molar refractivity (Wildman–Crippen MR) is 73.4 cm³/mol. The summed E-state index contributed by atoms with van der Waals surface area (Å²) in [4.78, 5) is 4.32. The molecule has 1 N–H and O–H groups in total. The molecule has 3 heteroatoms. The first kappa shape index (κ1) is 12.8. The van der Waals surface area contributed by atoms with Gasteiger partial charge in [-0.25, -0.2) is 4.98 Å². The van der Waals surface area contributed by atoms with E-state index >= 15 is 0 Å². The lowest BCUT2D eigenvalue weighted by Gasteiger charge is -2.00. The van der Waals surface area contributed by atoms with Crippen molar-refractivity contribution in [2.45, 2.75) is 26.2 Å². The second-order valence-corrected chi connectivity index (χ2v) is 4.34. The van der Waals surface area contributed by atoms with Crippen molar-refractivity contribution in [2.75, 3.05) is 13.1 Å².